The number of aryl methyl sites for hydroxylation is 2. The van der Waals surface area contributed by atoms with Crippen molar-refractivity contribution in [2.45, 2.75) is 52.1 Å². The second kappa shape index (κ2) is 6.78. The van der Waals surface area contributed by atoms with Crippen molar-refractivity contribution in [2.24, 2.45) is 5.41 Å². The van der Waals surface area contributed by atoms with Crippen molar-refractivity contribution in [1.82, 2.24) is 15.0 Å². The van der Waals surface area contributed by atoms with Gasteiger partial charge in [0.1, 0.15) is 5.76 Å². The van der Waals surface area contributed by atoms with Gasteiger partial charge in [-0.2, -0.15) is 0 Å². The highest BCUT2D eigenvalue weighted by Gasteiger charge is 2.47. The summed E-state index contributed by atoms with van der Waals surface area (Å²) in [6.07, 6.45) is 2.35. The summed E-state index contributed by atoms with van der Waals surface area (Å²) in [4.78, 5) is 28.6. The number of rotatable bonds is 3. The molecule has 0 saturated carbocycles. The summed E-state index contributed by atoms with van der Waals surface area (Å²) in [6.45, 7) is 5.30. The molecule has 25 heavy (non-hydrogen) atoms. The quantitative estimate of drug-likeness (QED) is 0.882. The number of hydrogen-bond acceptors (Lipinski definition) is 5. The molecule has 1 unspecified atom stereocenters. The summed E-state index contributed by atoms with van der Waals surface area (Å²) in [6, 6.07) is 0. The van der Waals surface area contributed by atoms with Crippen molar-refractivity contribution < 1.29 is 19.2 Å². The van der Waals surface area contributed by atoms with Crippen molar-refractivity contribution in [3.8, 4) is 0 Å². The molecule has 1 aromatic heterocycles. The van der Waals surface area contributed by atoms with Crippen LogP contribution in [0.15, 0.2) is 4.52 Å². The van der Waals surface area contributed by atoms with Gasteiger partial charge in [-0.3, -0.25) is 9.59 Å². The highest BCUT2D eigenvalue weighted by Crippen LogP contribution is 2.40. The van der Waals surface area contributed by atoms with E-state index >= 15 is 0 Å². The first-order valence-corrected chi connectivity index (χ1v) is 8.95. The lowest BCUT2D eigenvalue weighted by molar-refractivity contribution is -0.156. The molecular weight excluding hydrogens is 322 g/mol. The molecule has 1 atom stereocenters. The Morgan fingerprint density at radius 1 is 1.36 bits per heavy atom. The van der Waals surface area contributed by atoms with Crippen LogP contribution in [0.4, 0.5) is 0 Å². The number of nitrogens with zero attached hydrogens (tertiary/aromatic N) is 3. The van der Waals surface area contributed by atoms with Gasteiger partial charge < -0.3 is 19.4 Å². The molecule has 2 amide bonds. The highest BCUT2D eigenvalue weighted by molar-refractivity contribution is 5.84. The van der Waals surface area contributed by atoms with Crippen molar-refractivity contribution >= 4 is 11.8 Å². The van der Waals surface area contributed by atoms with Gasteiger partial charge >= 0.3 is 0 Å². The molecule has 1 spiro atoms. The molecule has 0 bridgehead atoms. The summed E-state index contributed by atoms with van der Waals surface area (Å²) < 4.78 is 5.14. The number of likely N-dealkylation sites (N-methyl/N-ethyl adjacent to an activating group) is 1. The number of aliphatic hydroxyl groups excluding tert-OH is 1. The maximum atomic E-state index is 12.6. The SMILES string of the molecule is Cc1noc(C)c1CCC(=O)N1CCC2(CC1)CC(O)CN(C)C2=O. The first-order valence-electron chi connectivity index (χ1n) is 8.95. The predicted molar refractivity (Wildman–Crippen MR) is 90.8 cm³/mol. The minimum atomic E-state index is -0.495. The van der Waals surface area contributed by atoms with Gasteiger partial charge in [-0.05, 0) is 39.5 Å². The lowest BCUT2D eigenvalue weighted by Crippen LogP contribution is -2.56. The minimum absolute atomic E-state index is 0.104. The van der Waals surface area contributed by atoms with Crippen LogP contribution in [0, 0.1) is 19.3 Å². The van der Waals surface area contributed by atoms with Gasteiger partial charge in [0.25, 0.3) is 0 Å². The highest BCUT2D eigenvalue weighted by atomic mass is 16.5. The molecule has 1 N–H and O–H groups in total. The molecule has 0 aliphatic carbocycles. The number of carbonyl (C=O) groups is 2. The second-order valence-corrected chi connectivity index (χ2v) is 7.51. The van der Waals surface area contributed by atoms with E-state index in [1.807, 2.05) is 18.7 Å². The van der Waals surface area contributed by atoms with E-state index in [9.17, 15) is 14.7 Å². The fourth-order valence-corrected chi connectivity index (χ4v) is 4.26. The fourth-order valence-electron chi connectivity index (χ4n) is 4.26. The Morgan fingerprint density at radius 3 is 2.64 bits per heavy atom. The Balaban J connectivity index is 1.57. The number of amides is 2. The van der Waals surface area contributed by atoms with E-state index in [1.54, 1.807) is 11.9 Å². The monoisotopic (exact) mass is 349 g/mol. The maximum absolute atomic E-state index is 12.6. The molecule has 0 radical (unpaired) electrons. The van der Waals surface area contributed by atoms with Gasteiger partial charge in [-0.25, -0.2) is 0 Å². The smallest absolute Gasteiger partial charge is 0.228 e. The van der Waals surface area contributed by atoms with Crippen molar-refractivity contribution in [3.05, 3.63) is 17.0 Å². The van der Waals surface area contributed by atoms with E-state index < -0.39 is 11.5 Å². The van der Waals surface area contributed by atoms with Gasteiger partial charge in [0, 0.05) is 38.7 Å². The van der Waals surface area contributed by atoms with Crippen LogP contribution in [0.5, 0.6) is 0 Å². The summed E-state index contributed by atoms with van der Waals surface area (Å²) in [5, 5.41) is 14.0. The normalized spacial score (nSPS) is 23.4. The standard InChI is InChI=1S/C18H27N3O4/c1-12-15(13(2)25-19-12)4-5-16(23)21-8-6-18(7-9-21)10-14(22)11-20(3)17(18)24/h14,22H,4-11H2,1-3H3. The van der Waals surface area contributed by atoms with Crippen molar-refractivity contribution in [3.63, 3.8) is 0 Å². The number of hydrogen-bond donors (Lipinski definition) is 1. The summed E-state index contributed by atoms with van der Waals surface area (Å²) >= 11 is 0. The van der Waals surface area contributed by atoms with E-state index in [1.165, 1.54) is 0 Å². The lowest BCUT2D eigenvalue weighted by Gasteiger charge is -2.47. The molecule has 2 fully saturated rings. The van der Waals surface area contributed by atoms with Crippen LogP contribution in [0.25, 0.3) is 0 Å². The molecule has 3 rings (SSSR count). The van der Waals surface area contributed by atoms with Crippen molar-refractivity contribution in [2.75, 3.05) is 26.7 Å². The number of carbonyl (C=O) groups excluding carboxylic acids is 2. The van der Waals surface area contributed by atoms with Gasteiger partial charge in [-0.1, -0.05) is 5.16 Å². The first-order chi connectivity index (χ1) is 11.8. The fraction of sp³-hybridized carbons (Fsp3) is 0.722. The van der Waals surface area contributed by atoms with E-state index in [-0.39, 0.29) is 11.8 Å². The minimum Gasteiger partial charge on any atom is -0.391 e. The Hall–Kier alpha value is -1.89. The Morgan fingerprint density at radius 2 is 2.04 bits per heavy atom. The molecule has 3 heterocycles. The molecule has 2 aliphatic heterocycles. The molecule has 2 aliphatic rings. The van der Waals surface area contributed by atoms with Crippen molar-refractivity contribution in [1.29, 1.82) is 0 Å². The molecule has 7 heteroatoms. The zero-order valence-corrected chi connectivity index (χ0v) is 15.2. The van der Waals surface area contributed by atoms with Crippen LogP contribution in [0.2, 0.25) is 0 Å². The summed E-state index contributed by atoms with van der Waals surface area (Å²) in [5.41, 5.74) is 1.35. The van der Waals surface area contributed by atoms with Crippen LogP contribution in [0.3, 0.4) is 0 Å². The topological polar surface area (TPSA) is 86.9 Å². The Bertz CT molecular complexity index is 642. The molecule has 2 saturated heterocycles. The molecular formula is C18H27N3O4. The van der Waals surface area contributed by atoms with Crippen LogP contribution < -0.4 is 0 Å². The molecule has 1 aromatic rings. The number of aromatic nitrogens is 1. The number of aliphatic hydroxyl groups is 1. The third-order valence-electron chi connectivity index (χ3n) is 5.75. The van der Waals surface area contributed by atoms with Gasteiger partial charge in [0.05, 0.1) is 17.2 Å². The molecule has 138 valence electrons. The van der Waals surface area contributed by atoms with E-state index in [0.29, 0.717) is 51.7 Å². The van der Waals surface area contributed by atoms with Crippen LogP contribution >= 0.6 is 0 Å². The van der Waals surface area contributed by atoms with Crippen LogP contribution in [0.1, 0.15) is 42.7 Å². The van der Waals surface area contributed by atoms with Crippen LogP contribution in [-0.2, 0) is 16.0 Å². The van der Waals surface area contributed by atoms with Crippen LogP contribution in [-0.4, -0.2) is 64.7 Å². The Kier molecular flexibility index (Phi) is 4.86. The zero-order chi connectivity index (χ0) is 18.2. The second-order valence-electron chi connectivity index (χ2n) is 7.51. The molecule has 7 nitrogen and oxygen atoms in total. The maximum Gasteiger partial charge on any atom is 0.228 e. The van der Waals surface area contributed by atoms with Gasteiger partial charge in [0.2, 0.25) is 11.8 Å². The van der Waals surface area contributed by atoms with Gasteiger partial charge in [-0.15, -0.1) is 0 Å². The molecule has 0 aromatic carbocycles. The largest absolute Gasteiger partial charge is 0.391 e. The summed E-state index contributed by atoms with van der Waals surface area (Å²) in [5.74, 6) is 0.986. The van der Waals surface area contributed by atoms with Gasteiger partial charge in [0.15, 0.2) is 0 Å². The average Bonchev–Trinajstić information content (AvgIpc) is 2.89. The lowest BCUT2D eigenvalue weighted by atomic mass is 9.71. The predicted octanol–water partition coefficient (Wildman–Crippen LogP) is 1.06. The van der Waals surface area contributed by atoms with E-state index in [0.717, 1.165) is 17.0 Å². The average molecular weight is 349 g/mol. The first kappa shape index (κ1) is 17.9. The zero-order valence-electron chi connectivity index (χ0n) is 15.2. The Labute approximate surface area is 147 Å². The third kappa shape index (κ3) is 3.42. The van der Waals surface area contributed by atoms with E-state index in [2.05, 4.69) is 5.16 Å². The third-order valence-corrected chi connectivity index (χ3v) is 5.75. The van der Waals surface area contributed by atoms with E-state index in [4.69, 9.17) is 4.52 Å². The summed E-state index contributed by atoms with van der Waals surface area (Å²) in [7, 11) is 1.74. The number of piperidine rings is 2. The number of likely N-dealkylation sites (tertiary alicyclic amines) is 2. The number of β-amino-alcohol motifs (C(OH)–C–C–N with tert-alkyl or cyclic N) is 1.